The molecule has 1 aliphatic rings. The lowest BCUT2D eigenvalue weighted by Crippen LogP contribution is -2.33. The molecule has 0 aliphatic carbocycles. The van der Waals surface area contributed by atoms with Gasteiger partial charge in [0.1, 0.15) is 5.82 Å². The smallest absolute Gasteiger partial charge is 0.123 e. The first-order chi connectivity index (χ1) is 11.6. The van der Waals surface area contributed by atoms with Crippen LogP contribution in [0.3, 0.4) is 0 Å². The van der Waals surface area contributed by atoms with Gasteiger partial charge in [-0.05, 0) is 47.7 Å². The van der Waals surface area contributed by atoms with Gasteiger partial charge in [-0.15, -0.1) is 0 Å². The van der Waals surface area contributed by atoms with Crippen LogP contribution in [0.1, 0.15) is 48.9 Å². The van der Waals surface area contributed by atoms with Gasteiger partial charge < -0.3 is 5.32 Å². The average Bonchev–Trinajstić information content (AvgIpc) is 2.87. The van der Waals surface area contributed by atoms with E-state index in [9.17, 15) is 4.39 Å². The Balaban J connectivity index is 1.95. The topological polar surface area (TPSA) is 15.3 Å². The maximum atomic E-state index is 13.4. The van der Waals surface area contributed by atoms with Crippen molar-refractivity contribution in [2.24, 2.45) is 0 Å². The summed E-state index contributed by atoms with van der Waals surface area (Å²) in [5.74, 6) is 0.357. The van der Waals surface area contributed by atoms with Crippen molar-refractivity contribution in [2.45, 2.75) is 32.2 Å². The first-order valence-electron chi connectivity index (χ1n) is 8.95. The number of hydrogen-bond donors (Lipinski definition) is 1. The minimum atomic E-state index is -0.176. The van der Waals surface area contributed by atoms with Gasteiger partial charge in [-0.25, -0.2) is 4.39 Å². The summed E-state index contributed by atoms with van der Waals surface area (Å²) in [5, 5.41) is 3.47. The largest absolute Gasteiger partial charge is 0.315 e. The Bertz CT molecular complexity index is 626. The van der Waals surface area contributed by atoms with E-state index in [0.717, 1.165) is 38.2 Å². The van der Waals surface area contributed by atoms with Crippen LogP contribution in [0.5, 0.6) is 0 Å². The quantitative estimate of drug-likeness (QED) is 0.899. The molecule has 0 spiro atoms. The highest BCUT2D eigenvalue weighted by molar-refractivity contribution is 5.34. The molecule has 0 radical (unpaired) electrons. The fraction of sp³-hybridized carbons (Fsp3) is 0.429. The van der Waals surface area contributed by atoms with Crippen LogP contribution in [-0.2, 0) is 0 Å². The third-order valence-corrected chi connectivity index (χ3v) is 4.84. The summed E-state index contributed by atoms with van der Waals surface area (Å²) in [6.07, 6.45) is 1.14. The second-order valence-corrected chi connectivity index (χ2v) is 6.91. The van der Waals surface area contributed by atoms with Crippen LogP contribution in [-0.4, -0.2) is 31.1 Å². The van der Waals surface area contributed by atoms with Crippen LogP contribution in [0.2, 0.25) is 0 Å². The second kappa shape index (κ2) is 7.91. The fourth-order valence-electron chi connectivity index (χ4n) is 3.45. The van der Waals surface area contributed by atoms with E-state index in [1.165, 1.54) is 11.1 Å². The van der Waals surface area contributed by atoms with E-state index < -0.39 is 0 Å². The van der Waals surface area contributed by atoms with Crippen molar-refractivity contribution in [2.75, 3.05) is 26.2 Å². The van der Waals surface area contributed by atoms with E-state index in [1.54, 1.807) is 12.1 Å². The van der Waals surface area contributed by atoms with Crippen LogP contribution >= 0.6 is 0 Å². The molecular formula is C21H27FN2. The average molecular weight is 326 g/mol. The van der Waals surface area contributed by atoms with E-state index in [-0.39, 0.29) is 11.9 Å². The molecule has 3 rings (SSSR count). The van der Waals surface area contributed by atoms with Crippen molar-refractivity contribution in [3.05, 3.63) is 71.0 Å². The number of nitrogens with zero attached hydrogens (tertiary/aromatic N) is 1. The second-order valence-electron chi connectivity index (χ2n) is 6.91. The molecule has 0 amide bonds. The molecule has 1 N–H and O–H groups in total. The zero-order valence-corrected chi connectivity index (χ0v) is 14.6. The lowest BCUT2D eigenvalue weighted by atomic mass is 9.94. The van der Waals surface area contributed by atoms with Crippen molar-refractivity contribution in [3.63, 3.8) is 0 Å². The van der Waals surface area contributed by atoms with E-state index >= 15 is 0 Å². The Morgan fingerprint density at radius 2 is 1.42 bits per heavy atom. The molecule has 3 heteroatoms. The molecule has 128 valence electrons. The minimum Gasteiger partial charge on any atom is -0.315 e. The summed E-state index contributed by atoms with van der Waals surface area (Å²) in [4.78, 5) is 2.51. The van der Waals surface area contributed by atoms with Gasteiger partial charge in [-0.1, -0.05) is 50.2 Å². The summed E-state index contributed by atoms with van der Waals surface area (Å²) >= 11 is 0. The third kappa shape index (κ3) is 4.03. The molecule has 1 unspecified atom stereocenters. The van der Waals surface area contributed by atoms with E-state index in [0.29, 0.717) is 5.92 Å². The number of halogens is 1. The summed E-state index contributed by atoms with van der Waals surface area (Å²) in [6.45, 7) is 8.56. The van der Waals surface area contributed by atoms with E-state index in [4.69, 9.17) is 0 Å². The summed E-state index contributed by atoms with van der Waals surface area (Å²) in [6, 6.07) is 16.1. The molecule has 1 aliphatic heterocycles. The number of rotatable bonds is 4. The third-order valence-electron chi connectivity index (χ3n) is 4.84. The fourth-order valence-corrected chi connectivity index (χ4v) is 3.45. The molecule has 1 atom stereocenters. The molecule has 1 saturated heterocycles. The normalized spacial score (nSPS) is 17.7. The standard InChI is InChI=1S/C21H27FN2/c1-16(2)17-4-6-18(7-5-17)21(19-8-10-20(22)11-9-19)24-14-3-12-23-13-15-24/h4-11,16,21,23H,3,12-15H2,1-2H3. The Hall–Kier alpha value is -1.71. The Kier molecular flexibility index (Phi) is 5.64. The van der Waals surface area contributed by atoms with E-state index in [2.05, 4.69) is 48.3 Å². The summed E-state index contributed by atoms with van der Waals surface area (Å²) in [7, 11) is 0. The van der Waals surface area contributed by atoms with Gasteiger partial charge in [0.15, 0.2) is 0 Å². The van der Waals surface area contributed by atoms with Crippen LogP contribution in [0.25, 0.3) is 0 Å². The molecule has 24 heavy (non-hydrogen) atoms. The highest BCUT2D eigenvalue weighted by Gasteiger charge is 2.23. The molecule has 1 heterocycles. The lowest BCUT2D eigenvalue weighted by Gasteiger charge is -2.31. The molecule has 2 aromatic rings. The summed E-state index contributed by atoms with van der Waals surface area (Å²) < 4.78 is 13.4. The monoisotopic (exact) mass is 326 g/mol. The molecule has 2 aromatic carbocycles. The molecule has 2 nitrogen and oxygen atoms in total. The Labute approximate surface area is 144 Å². The zero-order chi connectivity index (χ0) is 16.9. The number of benzene rings is 2. The maximum absolute atomic E-state index is 13.4. The van der Waals surface area contributed by atoms with Crippen molar-refractivity contribution in [1.29, 1.82) is 0 Å². The van der Waals surface area contributed by atoms with Gasteiger partial charge in [0.25, 0.3) is 0 Å². The van der Waals surface area contributed by atoms with E-state index in [1.807, 2.05) is 12.1 Å². The van der Waals surface area contributed by atoms with Gasteiger partial charge in [-0.3, -0.25) is 4.90 Å². The lowest BCUT2D eigenvalue weighted by molar-refractivity contribution is 0.241. The first kappa shape index (κ1) is 17.1. The van der Waals surface area contributed by atoms with Crippen molar-refractivity contribution in [1.82, 2.24) is 10.2 Å². The van der Waals surface area contributed by atoms with Gasteiger partial charge in [0, 0.05) is 19.6 Å². The predicted molar refractivity (Wildman–Crippen MR) is 97.8 cm³/mol. The van der Waals surface area contributed by atoms with Crippen molar-refractivity contribution >= 4 is 0 Å². The van der Waals surface area contributed by atoms with Gasteiger partial charge in [0.05, 0.1) is 6.04 Å². The van der Waals surface area contributed by atoms with Gasteiger partial charge in [-0.2, -0.15) is 0 Å². The van der Waals surface area contributed by atoms with Crippen LogP contribution in [0.4, 0.5) is 4.39 Å². The van der Waals surface area contributed by atoms with Gasteiger partial charge in [0.2, 0.25) is 0 Å². The van der Waals surface area contributed by atoms with Crippen LogP contribution < -0.4 is 5.32 Å². The van der Waals surface area contributed by atoms with Crippen molar-refractivity contribution < 1.29 is 4.39 Å². The number of hydrogen-bond acceptors (Lipinski definition) is 2. The van der Waals surface area contributed by atoms with Crippen LogP contribution in [0, 0.1) is 5.82 Å². The number of nitrogens with one attached hydrogen (secondary N) is 1. The van der Waals surface area contributed by atoms with Gasteiger partial charge >= 0.3 is 0 Å². The Morgan fingerprint density at radius 3 is 2.04 bits per heavy atom. The zero-order valence-electron chi connectivity index (χ0n) is 14.6. The molecule has 0 saturated carbocycles. The summed E-state index contributed by atoms with van der Waals surface area (Å²) in [5.41, 5.74) is 3.80. The predicted octanol–water partition coefficient (Wildman–Crippen LogP) is 4.33. The highest BCUT2D eigenvalue weighted by Crippen LogP contribution is 2.30. The molecule has 1 fully saturated rings. The molecule has 0 bridgehead atoms. The first-order valence-corrected chi connectivity index (χ1v) is 8.95. The van der Waals surface area contributed by atoms with Crippen molar-refractivity contribution in [3.8, 4) is 0 Å². The molecular weight excluding hydrogens is 299 g/mol. The minimum absolute atomic E-state index is 0.176. The maximum Gasteiger partial charge on any atom is 0.123 e. The SMILES string of the molecule is CC(C)c1ccc(C(c2ccc(F)cc2)N2CCCNCC2)cc1. The Morgan fingerprint density at radius 1 is 0.833 bits per heavy atom. The highest BCUT2D eigenvalue weighted by atomic mass is 19.1. The van der Waals surface area contributed by atoms with Crippen LogP contribution in [0.15, 0.2) is 48.5 Å². The molecule has 0 aromatic heterocycles.